The zero-order valence-corrected chi connectivity index (χ0v) is 11.8. The summed E-state index contributed by atoms with van der Waals surface area (Å²) >= 11 is 1.42. The summed E-state index contributed by atoms with van der Waals surface area (Å²) in [6.45, 7) is 1.64. The Kier molecular flexibility index (Phi) is 4.00. The molecule has 7 nitrogen and oxygen atoms in total. The Labute approximate surface area is 114 Å². The lowest BCUT2D eigenvalue weighted by Gasteiger charge is -2.20. The van der Waals surface area contributed by atoms with Crippen LogP contribution in [0.1, 0.15) is 32.2 Å². The van der Waals surface area contributed by atoms with Crippen LogP contribution in [0, 0.1) is 0 Å². The molecule has 0 aromatic carbocycles. The Morgan fingerprint density at radius 2 is 2.37 bits per heavy atom. The van der Waals surface area contributed by atoms with Gasteiger partial charge >= 0.3 is 11.7 Å². The van der Waals surface area contributed by atoms with Crippen LogP contribution in [0.2, 0.25) is 0 Å². The van der Waals surface area contributed by atoms with Gasteiger partial charge in [-0.1, -0.05) is 11.8 Å². The van der Waals surface area contributed by atoms with E-state index in [1.54, 1.807) is 11.5 Å². The highest BCUT2D eigenvalue weighted by molar-refractivity contribution is 7.99. The maximum atomic E-state index is 11.6. The first-order chi connectivity index (χ1) is 8.95. The predicted octanol–water partition coefficient (Wildman–Crippen LogP) is 0.279. The van der Waals surface area contributed by atoms with E-state index < -0.39 is 11.5 Å². The summed E-state index contributed by atoms with van der Waals surface area (Å²) in [5.41, 5.74) is 4.68. The number of rotatable bonds is 6. The molecule has 1 unspecified atom stereocenters. The second kappa shape index (κ2) is 5.38. The third-order valence-electron chi connectivity index (χ3n) is 3.09. The van der Waals surface area contributed by atoms with E-state index in [4.69, 9.17) is 5.73 Å². The normalized spacial score (nSPS) is 18.1. The number of nitrogens with zero attached hydrogens (tertiary/aromatic N) is 2. The number of methoxy groups -OCH3 is 1. The number of H-pyrrole nitrogens is 1. The van der Waals surface area contributed by atoms with E-state index in [2.05, 4.69) is 14.9 Å². The van der Waals surface area contributed by atoms with E-state index in [0.717, 1.165) is 12.8 Å². The summed E-state index contributed by atoms with van der Waals surface area (Å²) in [5.74, 6) is 0.161. The molecule has 1 aromatic rings. The molecule has 1 saturated carbocycles. The average molecular weight is 286 g/mol. The molecule has 0 aliphatic heterocycles. The fourth-order valence-electron chi connectivity index (χ4n) is 1.74. The first kappa shape index (κ1) is 14.1. The van der Waals surface area contributed by atoms with E-state index in [-0.39, 0.29) is 11.7 Å². The summed E-state index contributed by atoms with van der Waals surface area (Å²) in [4.78, 5) is 23.0. The van der Waals surface area contributed by atoms with Gasteiger partial charge in [-0.2, -0.15) is 0 Å². The van der Waals surface area contributed by atoms with Crippen molar-refractivity contribution >= 4 is 17.7 Å². The van der Waals surface area contributed by atoms with Gasteiger partial charge in [0.15, 0.2) is 5.16 Å². The van der Waals surface area contributed by atoms with Gasteiger partial charge in [-0.3, -0.25) is 9.36 Å². The maximum Gasteiger partial charge on any atom is 0.344 e. The molecule has 2 rings (SSSR count). The first-order valence-electron chi connectivity index (χ1n) is 6.12. The highest BCUT2D eigenvalue weighted by Crippen LogP contribution is 2.36. The molecule has 1 aliphatic rings. The van der Waals surface area contributed by atoms with Gasteiger partial charge in [0.05, 0.1) is 7.11 Å². The van der Waals surface area contributed by atoms with Crippen LogP contribution in [0.3, 0.4) is 0 Å². The van der Waals surface area contributed by atoms with Gasteiger partial charge in [-0.05, 0) is 26.2 Å². The third kappa shape index (κ3) is 3.19. The highest BCUT2D eigenvalue weighted by Gasteiger charge is 2.31. The number of aromatic nitrogens is 3. The lowest BCUT2D eigenvalue weighted by molar-refractivity contribution is -0.146. The van der Waals surface area contributed by atoms with Crippen LogP contribution in [-0.4, -0.2) is 39.1 Å². The standard InChI is InChI=1S/C11H18N4O3S/c1-11(12,8(16)18-2)5-6-19-10-14-13-9(17)15(10)7-3-4-7/h7H,3-6,12H2,1-2H3,(H,13,17). The van der Waals surface area contributed by atoms with Crippen molar-refractivity contribution < 1.29 is 9.53 Å². The monoisotopic (exact) mass is 286 g/mol. The Morgan fingerprint density at radius 3 is 2.95 bits per heavy atom. The Hall–Kier alpha value is -1.28. The van der Waals surface area contributed by atoms with E-state index in [1.165, 1.54) is 18.9 Å². The van der Waals surface area contributed by atoms with Crippen LogP contribution in [0.25, 0.3) is 0 Å². The number of nitrogens with one attached hydrogen (secondary N) is 1. The third-order valence-corrected chi connectivity index (χ3v) is 4.04. The van der Waals surface area contributed by atoms with Gasteiger partial charge in [-0.15, -0.1) is 5.10 Å². The molecule has 0 spiro atoms. The van der Waals surface area contributed by atoms with Gasteiger partial charge in [0.1, 0.15) is 5.54 Å². The highest BCUT2D eigenvalue weighted by atomic mass is 32.2. The zero-order valence-electron chi connectivity index (χ0n) is 11.0. The molecule has 0 saturated heterocycles. The molecule has 1 fully saturated rings. The molecule has 1 aliphatic carbocycles. The van der Waals surface area contributed by atoms with Crippen molar-refractivity contribution in [3.8, 4) is 0 Å². The number of nitrogens with two attached hydrogens (primary N) is 1. The molecule has 0 bridgehead atoms. The van der Waals surface area contributed by atoms with Crippen LogP contribution in [0.5, 0.6) is 0 Å². The predicted molar refractivity (Wildman–Crippen MR) is 71.1 cm³/mol. The minimum Gasteiger partial charge on any atom is -0.468 e. The molecule has 1 aromatic heterocycles. The molecule has 8 heteroatoms. The largest absolute Gasteiger partial charge is 0.468 e. The van der Waals surface area contributed by atoms with Crippen LogP contribution >= 0.6 is 11.8 Å². The van der Waals surface area contributed by atoms with Crippen molar-refractivity contribution in [2.75, 3.05) is 12.9 Å². The van der Waals surface area contributed by atoms with Crippen LogP contribution in [-0.2, 0) is 9.53 Å². The molecular weight excluding hydrogens is 268 g/mol. The summed E-state index contributed by atoms with van der Waals surface area (Å²) in [6.07, 6.45) is 2.49. The molecule has 1 atom stereocenters. The van der Waals surface area contributed by atoms with Gasteiger partial charge in [0.2, 0.25) is 0 Å². The Balaban J connectivity index is 1.93. The van der Waals surface area contributed by atoms with Crippen molar-refractivity contribution in [3.63, 3.8) is 0 Å². The summed E-state index contributed by atoms with van der Waals surface area (Å²) in [5, 5.41) is 7.11. The second-order valence-electron chi connectivity index (χ2n) is 4.92. The molecular formula is C11H18N4O3S. The van der Waals surface area contributed by atoms with Crippen molar-refractivity contribution in [1.82, 2.24) is 14.8 Å². The fourth-order valence-corrected chi connectivity index (χ4v) is 2.93. The van der Waals surface area contributed by atoms with Crippen LogP contribution < -0.4 is 11.4 Å². The molecule has 19 heavy (non-hydrogen) atoms. The van der Waals surface area contributed by atoms with Crippen molar-refractivity contribution in [1.29, 1.82) is 0 Å². The van der Waals surface area contributed by atoms with Gasteiger partial charge in [0.25, 0.3) is 0 Å². The number of aromatic amines is 1. The van der Waals surface area contributed by atoms with Crippen molar-refractivity contribution in [3.05, 3.63) is 10.5 Å². The minimum absolute atomic E-state index is 0.173. The zero-order chi connectivity index (χ0) is 14.0. The minimum atomic E-state index is -1.01. The number of esters is 1. The smallest absolute Gasteiger partial charge is 0.344 e. The van der Waals surface area contributed by atoms with Crippen molar-refractivity contribution in [2.24, 2.45) is 5.73 Å². The fraction of sp³-hybridized carbons (Fsp3) is 0.727. The maximum absolute atomic E-state index is 11.6. The summed E-state index contributed by atoms with van der Waals surface area (Å²) in [6, 6.07) is 0.276. The quantitative estimate of drug-likeness (QED) is 0.575. The van der Waals surface area contributed by atoms with Gasteiger partial charge < -0.3 is 10.5 Å². The second-order valence-corrected chi connectivity index (χ2v) is 5.98. The molecule has 106 valence electrons. The topological polar surface area (TPSA) is 103 Å². The van der Waals surface area contributed by atoms with Crippen LogP contribution in [0.4, 0.5) is 0 Å². The number of carbonyl (C=O) groups is 1. The lowest BCUT2D eigenvalue weighted by Crippen LogP contribution is -2.46. The van der Waals surface area contributed by atoms with E-state index in [9.17, 15) is 9.59 Å². The molecule has 1 heterocycles. The van der Waals surface area contributed by atoms with Crippen molar-refractivity contribution in [2.45, 2.75) is 42.9 Å². The number of thioether (sulfide) groups is 1. The van der Waals surface area contributed by atoms with Gasteiger partial charge in [-0.25, -0.2) is 9.89 Å². The lowest BCUT2D eigenvalue weighted by atomic mass is 10.0. The number of hydrogen-bond acceptors (Lipinski definition) is 6. The first-order valence-corrected chi connectivity index (χ1v) is 7.11. The summed E-state index contributed by atoms with van der Waals surface area (Å²) < 4.78 is 6.32. The number of hydrogen-bond donors (Lipinski definition) is 2. The van der Waals surface area contributed by atoms with Crippen LogP contribution in [0.15, 0.2) is 9.95 Å². The van der Waals surface area contributed by atoms with E-state index in [1.807, 2.05) is 0 Å². The molecule has 0 amide bonds. The molecule has 3 N–H and O–H groups in total. The Morgan fingerprint density at radius 1 is 1.68 bits per heavy atom. The number of carbonyl (C=O) groups excluding carboxylic acids is 1. The number of ether oxygens (including phenoxy) is 1. The SMILES string of the molecule is COC(=O)C(C)(N)CCSc1n[nH]c(=O)n1C1CC1. The summed E-state index contributed by atoms with van der Waals surface area (Å²) in [7, 11) is 1.32. The van der Waals surface area contributed by atoms with E-state index in [0.29, 0.717) is 17.3 Å². The molecule has 0 radical (unpaired) electrons. The average Bonchev–Trinajstić information content (AvgIpc) is 3.13. The van der Waals surface area contributed by atoms with Gasteiger partial charge in [0, 0.05) is 11.8 Å². The van der Waals surface area contributed by atoms with E-state index >= 15 is 0 Å². The Bertz CT molecular complexity index is 518.